The zero-order valence-corrected chi connectivity index (χ0v) is 22.4. The van der Waals surface area contributed by atoms with Gasteiger partial charge >= 0.3 is 6.09 Å². The Labute approximate surface area is 238 Å². The molecule has 0 aliphatic heterocycles. The fraction of sp³-hybridized carbons (Fsp3) is 0.172. The number of carbonyl (C=O) groups excluding carboxylic acids is 4. The topological polar surface area (TPSA) is 162 Å². The zero-order chi connectivity index (χ0) is 28.8. The second kappa shape index (κ2) is 12.3. The highest BCUT2D eigenvalue weighted by Crippen LogP contribution is 2.44. The molecule has 1 heterocycles. The maximum Gasteiger partial charge on any atom is 0.407 e. The van der Waals surface area contributed by atoms with Gasteiger partial charge in [-0.25, -0.2) is 9.78 Å². The van der Waals surface area contributed by atoms with Crippen molar-refractivity contribution in [2.45, 2.75) is 5.92 Å². The molecular formula is C29H24N6O5S. The van der Waals surface area contributed by atoms with Gasteiger partial charge in [0.25, 0.3) is 0 Å². The van der Waals surface area contributed by atoms with Crippen molar-refractivity contribution in [1.29, 1.82) is 5.26 Å². The summed E-state index contributed by atoms with van der Waals surface area (Å²) in [7, 11) is 0. The number of thiazole rings is 1. The predicted molar refractivity (Wildman–Crippen MR) is 152 cm³/mol. The second-order valence-corrected chi connectivity index (χ2v) is 10.1. The van der Waals surface area contributed by atoms with Crippen molar-refractivity contribution in [2.75, 3.05) is 31.6 Å². The Morgan fingerprint density at radius 3 is 2.10 bits per heavy atom. The molecule has 0 saturated carbocycles. The van der Waals surface area contributed by atoms with E-state index < -0.39 is 23.8 Å². The predicted octanol–water partition coefficient (Wildman–Crippen LogP) is 2.88. The SMILES string of the molecule is N#Cc1nc2ccc(NC(=O)CNC(=O)CNC(=O)CNC(=O)OCC3c4ccccc4-c4ccccc43)cc2s1. The molecule has 0 radical (unpaired) electrons. The summed E-state index contributed by atoms with van der Waals surface area (Å²) in [6.45, 7) is -0.942. The lowest BCUT2D eigenvalue weighted by molar-refractivity contribution is -0.126. The first-order chi connectivity index (χ1) is 19.9. The number of aromatic nitrogens is 1. The summed E-state index contributed by atoms with van der Waals surface area (Å²) < 4.78 is 6.14. The van der Waals surface area contributed by atoms with Gasteiger partial charge in [-0.3, -0.25) is 14.4 Å². The lowest BCUT2D eigenvalue weighted by Gasteiger charge is -2.14. The molecule has 0 atom stereocenters. The number of hydrogen-bond donors (Lipinski definition) is 4. The molecule has 4 amide bonds. The largest absolute Gasteiger partial charge is 0.449 e. The van der Waals surface area contributed by atoms with Crippen LogP contribution in [0.5, 0.6) is 0 Å². The van der Waals surface area contributed by atoms with Gasteiger partial charge in [0, 0.05) is 11.6 Å². The van der Waals surface area contributed by atoms with E-state index in [1.165, 1.54) is 11.3 Å². The number of anilines is 1. The standard InChI is InChI=1S/C29H24N6O5S/c30-12-28-35-23-10-9-17(11-24(23)41-28)34-27(38)15-32-25(36)13-31-26(37)14-33-29(39)40-16-22-20-7-3-1-5-18(20)19-6-2-4-8-21(19)22/h1-11,22H,13-16H2,(H,31,37)(H,32,36)(H,33,39)(H,34,38). The summed E-state index contributed by atoms with van der Waals surface area (Å²) in [6.07, 6.45) is -0.747. The van der Waals surface area contributed by atoms with E-state index in [0.717, 1.165) is 27.0 Å². The van der Waals surface area contributed by atoms with E-state index in [0.29, 0.717) is 16.2 Å². The van der Waals surface area contributed by atoms with Crippen LogP contribution >= 0.6 is 11.3 Å². The van der Waals surface area contributed by atoms with Crippen LogP contribution in [0.3, 0.4) is 0 Å². The van der Waals surface area contributed by atoms with Gasteiger partial charge in [0.1, 0.15) is 19.2 Å². The van der Waals surface area contributed by atoms with Crippen molar-refractivity contribution < 1.29 is 23.9 Å². The van der Waals surface area contributed by atoms with Gasteiger partial charge in [0.05, 0.1) is 23.3 Å². The normalized spacial score (nSPS) is 11.6. The van der Waals surface area contributed by atoms with Gasteiger partial charge in [0.2, 0.25) is 17.7 Å². The van der Waals surface area contributed by atoms with Crippen LogP contribution in [0.4, 0.5) is 10.5 Å². The molecular weight excluding hydrogens is 544 g/mol. The molecule has 1 aromatic heterocycles. The number of hydrogen-bond acceptors (Lipinski definition) is 8. The summed E-state index contributed by atoms with van der Waals surface area (Å²) in [5.74, 6) is -1.74. The van der Waals surface area contributed by atoms with Crippen LogP contribution in [-0.2, 0) is 19.1 Å². The van der Waals surface area contributed by atoms with Gasteiger partial charge < -0.3 is 26.0 Å². The summed E-state index contributed by atoms with van der Waals surface area (Å²) >= 11 is 1.21. The average molecular weight is 569 g/mol. The van der Waals surface area contributed by atoms with Crippen LogP contribution in [0.15, 0.2) is 66.7 Å². The molecule has 5 rings (SSSR count). The third-order valence-corrected chi connectivity index (χ3v) is 7.32. The van der Waals surface area contributed by atoms with Crippen molar-refractivity contribution in [1.82, 2.24) is 20.9 Å². The molecule has 41 heavy (non-hydrogen) atoms. The highest BCUT2D eigenvalue weighted by molar-refractivity contribution is 7.19. The Kier molecular flexibility index (Phi) is 8.17. The minimum atomic E-state index is -0.747. The van der Waals surface area contributed by atoms with Gasteiger partial charge in [-0.05, 0) is 40.5 Å². The van der Waals surface area contributed by atoms with Crippen molar-refractivity contribution in [3.8, 4) is 17.2 Å². The molecule has 0 spiro atoms. The van der Waals surface area contributed by atoms with E-state index in [1.807, 2.05) is 54.6 Å². The molecule has 0 fully saturated rings. The molecule has 0 bridgehead atoms. The first-order valence-corrected chi connectivity index (χ1v) is 13.5. The number of nitriles is 1. The third-order valence-electron chi connectivity index (χ3n) is 6.40. The van der Waals surface area contributed by atoms with Crippen LogP contribution in [0, 0.1) is 11.3 Å². The quantitative estimate of drug-likeness (QED) is 0.241. The fourth-order valence-corrected chi connectivity index (χ4v) is 5.34. The van der Waals surface area contributed by atoms with Gasteiger partial charge in [0.15, 0.2) is 5.01 Å². The Bertz CT molecular complexity index is 1650. The lowest BCUT2D eigenvalue weighted by Crippen LogP contribution is -2.43. The monoisotopic (exact) mass is 568 g/mol. The van der Waals surface area contributed by atoms with E-state index in [-0.39, 0.29) is 32.2 Å². The first-order valence-electron chi connectivity index (χ1n) is 12.6. The number of amides is 4. The Balaban J connectivity index is 0.996. The van der Waals surface area contributed by atoms with Crippen molar-refractivity contribution >= 4 is 51.1 Å². The molecule has 11 nitrogen and oxygen atoms in total. The van der Waals surface area contributed by atoms with E-state index in [1.54, 1.807) is 18.2 Å². The van der Waals surface area contributed by atoms with Crippen molar-refractivity contribution in [2.24, 2.45) is 0 Å². The van der Waals surface area contributed by atoms with Crippen LogP contribution in [0.1, 0.15) is 22.1 Å². The minimum absolute atomic E-state index is 0.102. The van der Waals surface area contributed by atoms with Crippen molar-refractivity contribution in [3.63, 3.8) is 0 Å². The van der Waals surface area contributed by atoms with E-state index in [2.05, 4.69) is 26.3 Å². The number of alkyl carbamates (subject to hydrolysis) is 1. The highest BCUT2D eigenvalue weighted by Gasteiger charge is 2.29. The van der Waals surface area contributed by atoms with Gasteiger partial charge in [-0.15, -0.1) is 11.3 Å². The van der Waals surface area contributed by atoms with Crippen LogP contribution < -0.4 is 21.3 Å². The molecule has 0 saturated heterocycles. The van der Waals surface area contributed by atoms with Gasteiger partial charge in [-0.2, -0.15) is 5.26 Å². The molecule has 12 heteroatoms. The molecule has 206 valence electrons. The van der Waals surface area contributed by atoms with E-state index in [9.17, 15) is 19.2 Å². The maximum atomic E-state index is 12.2. The minimum Gasteiger partial charge on any atom is -0.449 e. The fourth-order valence-electron chi connectivity index (χ4n) is 4.54. The number of carbonyl (C=O) groups is 4. The number of ether oxygens (including phenoxy) is 1. The lowest BCUT2D eigenvalue weighted by atomic mass is 9.98. The highest BCUT2D eigenvalue weighted by atomic mass is 32.1. The summed E-state index contributed by atoms with van der Waals surface area (Å²) in [5, 5.41) is 19.1. The average Bonchev–Trinajstić information content (AvgIpc) is 3.55. The Morgan fingerprint density at radius 1 is 0.829 bits per heavy atom. The second-order valence-electron chi connectivity index (χ2n) is 9.09. The Morgan fingerprint density at radius 2 is 1.44 bits per heavy atom. The molecule has 3 aromatic carbocycles. The van der Waals surface area contributed by atoms with Crippen LogP contribution in [0.2, 0.25) is 0 Å². The number of benzene rings is 3. The van der Waals surface area contributed by atoms with Crippen molar-refractivity contribution in [3.05, 3.63) is 82.9 Å². The Hall–Kier alpha value is -5.28. The molecule has 1 aliphatic carbocycles. The smallest absolute Gasteiger partial charge is 0.407 e. The van der Waals surface area contributed by atoms with E-state index >= 15 is 0 Å². The number of rotatable bonds is 9. The molecule has 1 aliphatic rings. The third kappa shape index (κ3) is 6.48. The molecule has 4 N–H and O–H groups in total. The summed E-state index contributed by atoms with van der Waals surface area (Å²) in [5.41, 5.74) is 5.53. The van der Waals surface area contributed by atoms with Crippen LogP contribution in [0.25, 0.3) is 21.3 Å². The molecule has 0 unspecified atom stereocenters. The number of nitrogens with one attached hydrogen (secondary N) is 4. The van der Waals surface area contributed by atoms with E-state index in [4.69, 9.17) is 10.00 Å². The van der Waals surface area contributed by atoms with Crippen LogP contribution in [-0.4, -0.2) is 55.0 Å². The zero-order valence-electron chi connectivity index (χ0n) is 21.6. The summed E-state index contributed by atoms with van der Waals surface area (Å²) in [6, 6.07) is 22.9. The first kappa shape index (κ1) is 27.3. The number of nitrogens with zero attached hydrogens (tertiary/aromatic N) is 2. The van der Waals surface area contributed by atoms with Gasteiger partial charge in [-0.1, -0.05) is 48.5 Å². The summed E-state index contributed by atoms with van der Waals surface area (Å²) in [4.78, 5) is 52.7. The molecule has 4 aromatic rings. The maximum absolute atomic E-state index is 12.2. The number of fused-ring (bicyclic) bond motifs is 4.